The van der Waals surface area contributed by atoms with Gasteiger partial charge in [0.1, 0.15) is 12.9 Å². The second-order valence-electron chi connectivity index (χ2n) is 4.43. The number of hydrogen-bond acceptors (Lipinski definition) is 5. The minimum absolute atomic E-state index is 0.116. The van der Waals surface area contributed by atoms with E-state index in [9.17, 15) is 4.79 Å². The number of aromatic nitrogens is 5. The summed E-state index contributed by atoms with van der Waals surface area (Å²) in [4.78, 5) is 11.8. The summed E-state index contributed by atoms with van der Waals surface area (Å²) in [5, 5.41) is 14.7. The second-order valence-corrected chi connectivity index (χ2v) is 4.43. The third kappa shape index (κ3) is 3.89. The predicted molar refractivity (Wildman–Crippen MR) is 70.7 cm³/mol. The molecular formula is C12H18N6O2. The molecule has 1 N–H and O–H groups in total. The molecule has 0 saturated carbocycles. The van der Waals surface area contributed by atoms with Gasteiger partial charge in [0.15, 0.2) is 5.82 Å². The maximum absolute atomic E-state index is 11.8. The van der Waals surface area contributed by atoms with E-state index in [1.165, 1.54) is 0 Å². The highest BCUT2D eigenvalue weighted by atomic mass is 16.5. The summed E-state index contributed by atoms with van der Waals surface area (Å²) >= 11 is 0. The van der Waals surface area contributed by atoms with Gasteiger partial charge >= 0.3 is 0 Å². The van der Waals surface area contributed by atoms with E-state index in [1.807, 2.05) is 17.7 Å². The third-order valence-electron chi connectivity index (χ3n) is 2.74. The number of amides is 1. The van der Waals surface area contributed by atoms with Crippen LogP contribution in [0.2, 0.25) is 0 Å². The lowest BCUT2D eigenvalue weighted by atomic mass is 10.4. The smallest absolute Gasteiger partial charge is 0.242 e. The van der Waals surface area contributed by atoms with Crippen LogP contribution in [-0.2, 0) is 29.2 Å². The topological polar surface area (TPSA) is 86.9 Å². The molecule has 8 nitrogen and oxygen atoms in total. The van der Waals surface area contributed by atoms with Crippen molar-refractivity contribution < 1.29 is 9.53 Å². The van der Waals surface area contributed by atoms with E-state index in [0.717, 1.165) is 5.56 Å². The molecule has 0 bridgehead atoms. The van der Waals surface area contributed by atoms with Crippen LogP contribution in [0, 0.1) is 6.92 Å². The fraction of sp³-hybridized carbons (Fsp3) is 0.500. The van der Waals surface area contributed by atoms with Gasteiger partial charge in [-0.25, -0.2) is 0 Å². The van der Waals surface area contributed by atoms with Crippen LogP contribution >= 0.6 is 0 Å². The largest absolute Gasteiger partial charge is 0.383 e. The molecule has 8 heteroatoms. The predicted octanol–water partition coefficient (Wildman–Crippen LogP) is -0.254. The van der Waals surface area contributed by atoms with Crippen LogP contribution in [0.15, 0.2) is 18.7 Å². The Morgan fingerprint density at radius 2 is 2.35 bits per heavy atom. The van der Waals surface area contributed by atoms with Crippen molar-refractivity contribution in [3.63, 3.8) is 0 Å². The highest BCUT2D eigenvalue weighted by Crippen LogP contribution is 1.96. The Kier molecular flexibility index (Phi) is 4.83. The second kappa shape index (κ2) is 6.80. The SMILES string of the molecule is COCCn1cnnc1CNC(=O)Cn1cc(C)cn1. The highest BCUT2D eigenvalue weighted by Gasteiger charge is 2.07. The van der Waals surface area contributed by atoms with E-state index in [1.54, 1.807) is 24.3 Å². The molecule has 108 valence electrons. The maximum Gasteiger partial charge on any atom is 0.242 e. The Labute approximate surface area is 116 Å². The monoisotopic (exact) mass is 278 g/mol. The summed E-state index contributed by atoms with van der Waals surface area (Å²) in [5.41, 5.74) is 1.03. The number of methoxy groups -OCH3 is 1. The van der Waals surface area contributed by atoms with Gasteiger partial charge in [-0.3, -0.25) is 9.48 Å². The van der Waals surface area contributed by atoms with Crippen molar-refractivity contribution in [3.05, 3.63) is 30.1 Å². The van der Waals surface area contributed by atoms with E-state index in [0.29, 0.717) is 25.5 Å². The van der Waals surface area contributed by atoms with Gasteiger partial charge in [-0.2, -0.15) is 5.10 Å². The van der Waals surface area contributed by atoms with Crippen molar-refractivity contribution in [1.82, 2.24) is 29.9 Å². The lowest BCUT2D eigenvalue weighted by molar-refractivity contribution is -0.122. The molecule has 1 amide bonds. The molecule has 2 aromatic heterocycles. The van der Waals surface area contributed by atoms with E-state index in [2.05, 4.69) is 20.6 Å². The first kappa shape index (κ1) is 14.2. The molecule has 0 aliphatic rings. The van der Waals surface area contributed by atoms with Gasteiger partial charge in [0.2, 0.25) is 5.91 Å². The van der Waals surface area contributed by atoms with Crippen LogP contribution in [0.5, 0.6) is 0 Å². The Hall–Kier alpha value is -2.22. The molecule has 0 spiro atoms. The number of aryl methyl sites for hydroxylation is 1. The summed E-state index contributed by atoms with van der Waals surface area (Å²) < 4.78 is 8.45. The zero-order valence-corrected chi connectivity index (χ0v) is 11.6. The van der Waals surface area contributed by atoms with Crippen LogP contribution in [0.1, 0.15) is 11.4 Å². The van der Waals surface area contributed by atoms with Gasteiger partial charge in [0.05, 0.1) is 19.3 Å². The zero-order chi connectivity index (χ0) is 14.4. The quantitative estimate of drug-likeness (QED) is 0.754. The highest BCUT2D eigenvalue weighted by molar-refractivity contribution is 5.75. The molecule has 0 atom stereocenters. The molecule has 0 aliphatic heterocycles. The first-order valence-corrected chi connectivity index (χ1v) is 6.30. The summed E-state index contributed by atoms with van der Waals surface area (Å²) in [6.07, 6.45) is 5.16. The molecule has 2 heterocycles. The van der Waals surface area contributed by atoms with Crippen molar-refractivity contribution in [1.29, 1.82) is 0 Å². The van der Waals surface area contributed by atoms with Crippen molar-refractivity contribution in [2.45, 2.75) is 26.6 Å². The van der Waals surface area contributed by atoms with Gasteiger partial charge in [-0.05, 0) is 12.5 Å². The molecule has 2 rings (SSSR count). The van der Waals surface area contributed by atoms with Gasteiger partial charge in [-0.15, -0.1) is 10.2 Å². The minimum Gasteiger partial charge on any atom is -0.383 e. The van der Waals surface area contributed by atoms with Gasteiger partial charge in [0.25, 0.3) is 0 Å². The Balaban J connectivity index is 1.82. The van der Waals surface area contributed by atoms with Gasteiger partial charge in [-0.1, -0.05) is 0 Å². The molecule has 0 saturated heterocycles. The van der Waals surface area contributed by atoms with Crippen molar-refractivity contribution >= 4 is 5.91 Å². The lowest BCUT2D eigenvalue weighted by Gasteiger charge is -2.07. The molecular weight excluding hydrogens is 260 g/mol. The van der Waals surface area contributed by atoms with Gasteiger partial charge < -0.3 is 14.6 Å². The molecule has 0 radical (unpaired) electrons. The number of nitrogens with zero attached hydrogens (tertiary/aromatic N) is 5. The normalized spacial score (nSPS) is 10.7. The molecule has 0 aliphatic carbocycles. The Morgan fingerprint density at radius 3 is 3.05 bits per heavy atom. The van der Waals surface area contributed by atoms with E-state index >= 15 is 0 Å². The standard InChI is InChI=1S/C12H18N6O2/c1-10-5-15-18(7-10)8-12(19)13-6-11-16-14-9-17(11)3-4-20-2/h5,7,9H,3-4,6,8H2,1-2H3,(H,13,19). The third-order valence-corrected chi connectivity index (χ3v) is 2.74. The van der Waals surface area contributed by atoms with E-state index in [-0.39, 0.29) is 12.5 Å². The van der Waals surface area contributed by atoms with E-state index in [4.69, 9.17) is 4.74 Å². The lowest BCUT2D eigenvalue weighted by Crippen LogP contribution is -2.28. The van der Waals surface area contributed by atoms with E-state index < -0.39 is 0 Å². The number of carbonyl (C=O) groups excluding carboxylic acids is 1. The number of carbonyl (C=O) groups is 1. The van der Waals surface area contributed by atoms with Crippen LogP contribution in [-0.4, -0.2) is 44.2 Å². The molecule has 0 fully saturated rings. The Morgan fingerprint density at radius 1 is 1.50 bits per heavy atom. The number of nitrogens with one attached hydrogen (secondary N) is 1. The average Bonchev–Trinajstić information content (AvgIpc) is 3.03. The fourth-order valence-corrected chi connectivity index (χ4v) is 1.73. The van der Waals surface area contributed by atoms with Crippen LogP contribution in [0.3, 0.4) is 0 Å². The summed E-state index contributed by atoms with van der Waals surface area (Å²) in [7, 11) is 1.64. The number of hydrogen-bond donors (Lipinski definition) is 1. The van der Waals surface area contributed by atoms with Crippen molar-refractivity contribution in [3.8, 4) is 0 Å². The molecule has 20 heavy (non-hydrogen) atoms. The average molecular weight is 278 g/mol. The number of ether oxygens (including phenoxy) is 1. The zero-order valence-electron chi connectivity index (χ0n) is 11.6. The first-order chi connectivity index (χ1) is 9.69. The molecule has 2 aromatic rings. The van der Waals surface area contributed by atoms with Crippen LogP contribution in [0.25, 0.3) is 0 Å². The molecule has 0 unspecified atom stereocenters. The van der Waals surface area contributed by atoms with Crippen molar-refractivity contribution in [2.24, 2.45) is 0 Å². The summed E-state index contributed by atoms with van der Waals surface area (Å²) in [5.74, 6) is 0.585. The summed E-state index contributed by atoms with van der Waals surface area (Å²) in [6.45, 7) is 3.70. The molecule has 0 aromatic carbocycles. The summed E-state index contributed by atoms with van der Waals surface area (Å²) in [6, 6.07) is 0. The Bertz CT molecular complexity index is 562. The van der Waals surface area contributed by atoms with Crippen LogP contribution in [0.4, 0.5) is 0 Å². The first-order valence-electron chi connectivity index (χ1n) is 6.30. The van der Waals surface area contributed by atoms with Gasteiger partial charge in [0, 0.05) is 19.9 Å². The fourth-order valence-electron chi connectivity index (χ4n) is 1.73. The maximum atomic E-state index is 11.8. The van der Waals surface area contributed by atoms with Crippen LogP contribution < -0.4 is 5.32 Å². The minimum atomic E-state index is -0.116. The van der Waals surface area contributed by atoms with Crippen molar-refractivity contribution in [2.75, 3.05) is 13.7 Å². The number of rotatable bonds is 7.